The van der Waals surface area contributed by atoms with E-state index >= 15 is 0 Å². The Labute approximate surface area is 266 Å². The zero-order valence-corrected chi connectivity index (χ0v) is 25.8. The highest BCUT2D eigenvalue weighted by Gasteiger charge is 2.25. The average Bonchev–Trinajstić information content (AvgIpc) is 3.68. The maximum atomic E-state index is 5.75. The third-order valence-electron chi connectivity index (χ3n) is 7.91. The molecule has 0 N–H and O–H groups in total. The van der Waals surface area contributed by atoms with Crippen molar-refractivity contribution < 1.29 is 14.3 Å². The molecule has 0 radical (unpaired) electrons. The number of hydrogen-bond acceptors (Lipinski definition) is 7. The van der Waals surface area contributed by atoms with E-state index in [1.54, 1.807) is 25.1 Å². The molecule has 0 aliphatic heterocycles. The van der Waals surface area contributed by atoms with Gasteiger partial charge in [0.05, 0.1) is 31.0 Å². The van der Waals surface area contributed by atoms with Crippen molar-refractivity contribution in [3.8, 4) is 33.9 Å². The lowest BCUT2D eigenvalue weighted by atomic mass is 9.99. The summed E-state index contributed by atoms with van der Waals surface area (Å²) < 4.78 is 14.8. The van der Waals surface area contributed by atoms with E-state index in [4.69, 9.17) is 29.4 Å². The summed E-state index contributed by atoms with van der Waals surface area (Å²) in [6.45, 7) is 2.61. The predicted octanol–water partition coefficient (Wildman–Crippen LogP) is 7.42. The molecule has 7 rings (SSSR count). The predicted molar refractivity (Wildman–Crippen MR) is 179 cm³/mol. The number of hydrogen-bond donors (Lipinski definition) is 0. The fourth-order valence-corrected chi connectivity index (χ4v) is 5.74. The van der Waals surface area contributed by atoms with Crippen molar-refractivity contribution in [1.29, 1.82) is 0 Å². The summed E-state index contributed by atoms with van der Waals surface area (Å²) in [4.78, 5) is 15.7. The summed E-state index contributed by atoms with van der Waals surface area (Å²) in [7, 11) is 3.21. The zero-order valence-electron chi connectivity index (χ0n) is 25.8. The molecule has 7 aromatic rings. The molecule has 0 unspecified atom stereocenters. The SMILES string of the molecule is COc1ccc(/C(C)=N/OCc2nc3c4c(-c5ccccc5)c(-c5ccccc5)n(Cc5ccccc5)c4ncn3n2)cc1OC. The van der Waals surface area contributed by atoms with Crippen molar-refractivity contribution in [3.05, 3.63) is 132 Å². The van der Waals surface area contributed by atoms with Gasteiger partial charge < -0.3 is 18.9 Å². The number of fused-ring (bicyclic) bond motifs is 3. The van der Waals surface area contributed by atoms with E-state index in [0.717, 1.165) is 39.0 Å². The van der Waals surface area contributed by atoms with Crippen LogP contribution in [0.15, 0.2) is 121 Å². The number of benzene rings is 4. The number of aromatic nitrogens is 5. The van der Waals surface area contributed by atoms with Gasteiger partial charge in [0.15, 0.2) is 29.6 Å². The van der Waals surface area contributed by atoms with Gasteiger partial charge >= 0.3 is 0 Å². The van der Waals surface area contributed by atoms with Crippen molar-refractivity contribution in [2.45, 2.75) is 20.1 Å². The molecule has 9 heteroatoms. The van der Waals surface area contributed by atoms with E-state index in [2.05, 4.69) is 82.5 Å². The topological polar surface area (TPSA) is 88.1 Å². The molecular formula is C37H32N6O3. The maximum absolute atomic E-state index is 5.75. The largest absolute Gasteiger partial charge is 0.493 e. The Kier molecular flexibility index (Phi) is 7.87. The Bertz CT molecular complexity index is 2160. The molecule has 0 fully saturated rings. The van der Waals surface area contributed by atoms with Gasteiger partial charge in [-0.2, -0.15) is 0 Å². The number of methoxy groups -OCH3 is 2. The van der Waals surface area contributed by atoms with Gasteiger partial charge in [0, 0.05) is 17.7 Å². The van der Waals surface area contributed by atoms with Gasteiger partial charge in [-0.1, -0.05) is 96.2 Å². The fourth-order valence-electron chi connectivity index (χ4n) is 5.74. The third-order valence-corrected chi connectivity index (χ3v) is 7.91. The molecule has 0 bridgehead atoms. The van der Waals surface area contributed by atoms with Crippen LogP contribution in [0.4, 0.5) is 0 Å². The monoisotopic (exact) mass is 608 g/mol. The molecule has 0 atom stereocenters. The molecule has 0 saturated heterocycles. The molecule has 0 spiro atoms. The Morgan fingerprint density at radius 1 is 0.761 bits per heavy atom. The van der Waals surface area contributed by atoms with Gasteiger partial charge in [-0.05, 0) is 41.8 Å². The van der Waals surface area contributed by atoms with E-state index in [0.29, 0.717) is 35.2 Å². The van der Waals surface area contributed by atoms with E-state index < -0.39 is 0 Å². The number of nitrogens with zero attached hydrogens (tertiary/aromatic N) is 6. The number of ether oxygens (including phenoxy) is 2. The molecule has 0 aliphatic rings. The van der Waals surface area contributed by atoms with Crippen LogP contribution in [0.2, 0.25) is 0 Å². The van der Waals surface area contributed by atoms with Gasteiger partial charge in [-0.15, -0.1) is 5.10 Å². The minimum absolute atomic E-state index is 0.0880. The lowest BCUT2D eigenvalue weighted by Gasteiger charge is -2.13. The van der Waals surface area contributed by atoms with E-state index in [9.17, 15) is 0 Å². The van der Waals surface area contributed by atoms with E-state index in [1.807, 2.05) is 43.3 Å². The summed E-state index contributed by atoms with van der Waals surface area (Å²) in [6, 6.07) is 36.9. The highest BCUT2D eigenvalue weighted by atomic mass is 16.6. The van der Waals surface area contributed by atoms with E-state index in [-0.39, 0.29) is 6.61 Å². The standard InChI is InChI=1S/C37H32N6O3/c1-25(29-19-20-30(44-2)31(21-29)45-3)41-46-23-32-39-37-34-33(27-15-9-5-10-16-27)35(28-17-11-6-12-18-28)42(22-26-13-7-4-8-14-26)36(34)38-24-43(37)40-32/h4-21,24H,22-23H2,1-3H3/b41-25+. The first kappa shape index (κ1) is 28.8. The fraction of sp³-hybridized carbons (Fsp3) is 0.135. The Balaban J connectivity index is 1.33. The van der Waals surface area contributed by atoms with Gasteiger partial charge in [-0.3, -0.25) is 0 Å². The first-order valence-electron chi connectivity index (χ1n) is 14.9. The van der Waals surface area contributed by atoms with Crippen LogP contribution in [0.3, 0.4) is 0 Å². The summed E-state index contributed by atoms with van der Waals surface area (Å²) in [5, 5.41) is 9.97. The van der Waals surface area contributed by atoms with Crippen molar-refractivity contribution in [2.75, 3.05) is 14.2 Å². The minimum Gasteiger partial charge on any atom is -0.493 e. The molecule has 228 valence electrons. The molecule has 0 saturated carbocycles. The van der Waals surface area contributed by atoms with Crippen LogP contribution in [0.25, 0.3) is 39.1 Å². The molecule has 9 nitrogen and oxygen atoms in total. The van der Waals surface area contributed by atoms with Crippen LogP contribution in [-0.4, -0.2) is 44.1 Å². The van der Waals surface area contributed by atoms with E-state index in [1.165, 1.54) is 5.56 Å². The Morgan fingerprint density at radius 2 is 1.43 bits per heavy atom. The quantitative estimate of drug-likeness (QED) is 0.119. The van der Waals surface area contributed by atoms with Crippen LogP contribution < -0.4 is 9.47 Å². The first-order valence-corrected chi connectivity index (χ1v) is 14.9. The summed E-state index contributed by atoms with van der Waals surface area (Å²) >= 11 is 0. The molecule has 3 aromatic heterocycles. The highest BCUT2D eigenvalue weighted by Crippen LogP contribution is 2.42. The smallest absolute Gasteiger partial charge is 0.192 e. The molecular weight excluding hydrogens is 576 g/mol. The molecule has 0 aliphatic carbocycles. The van der Waals surface area contributed by atoms with Crippen molar-refractivity contribution in [1.82, 2.24) is 24.1 Å². The summed E-state index contributed by atoms with van der Waals surface area (Å²) in [5.74, 6) is 1.77. The third kappa shape index (κ3) is 5.43. The zero-order chi connectivity index (χ0) is 31.5. The van der Waals surface area contributed by atoms with Gasteiger partial charge in [0.25, 0.3) is 0 Å². The molecule has 3 heterocycles. The summed E-state index contributed by atoms with van der Waals surface area (Å²) in [6.07, 6.45) is 1.72. The van der Waals surface area contributed by atoms with Crippen LogP contribution in [0.5, 0.6) is 11.5 Å². The maximum Gasteiger partial charge on any atom is 0.192 e. The minimum atomic E-state index is 0.0880. The van der Waals surface area contributed by atoms with Crippen molar-refractivity contribution >= 4 is 22.4 Å². The summed E-state index contributed by atoms with van der Waals surface area (Å²) in [5.41, 5.74) is 8.54. The highest BCUT2D eigenvalue weighted by molar-refractivity contribution is 6.09. The lowest BCUT2D eigenvalue weighted by Crippen LogP contribution is -2.03. The van der Waals surface area contributed by atoms with Crippen LogP contribution >= 0.6 is 0 Å². The van der Waals surface area contributed by atoms with Crippen LogP contribution in [-0.2, 0) is 18.0 Å². The van der Waals surface area contributed by atoms with Crippen LogP contribution in [0, 0.1) is 0 Å². The van der Waals surface area contributed by atoms with Crippen molar-refractivity contribution in [2.24, 2.45) is 5.16 Å². The van der Waals surface area contributed by atoms with Crippen molar-refractivity contribution in [3.63, 3.8) is 0 Å². The molecule has 4 aromatic carbocycles. The Hall–Kier alpha value is -5.96. The first-order chi connectivity index (χ1) is 22.6. The normalized spacial score (nSPS) is 11.7. The molecule has 46 heavy (non-hydrogen) atoms. The van der Waals surface area contributed by atoms with Gasteiger partial charge in [0.1, 0.15) is 12.0 Å². The second-order valence-electron chi connectivity index (χ2n) is 10.8. The Morgan fingerprint density at radius 3 is 2.13 bits per heavy atom. The molecule has 0 amide bonds. The van der Waals surface area contributed by atoms with Gasteiger partial charge in [-0.25, -0.2) is 14.5 Å². The lowest BCUT2D eigenvalue weighted by molar-refractivity contribution is 0.125. The second kappa shape index (κ2) is 12.6. The number of rotatable bonds is 10. The number of oxime groups is 1. The van der Waals surface area contributed by atoms with Crippen LogP contribution in [0.1, 0.15) is 23.9 Å². The second-order valence-corrected chi connectivity index (χ2v) is 10.8. The van der Waals surface area contributed by atoms with Gasteiger partial charge in [0.2, 0.25) is 0 Å². The average molecular weight is 609 g/mol.